The maximum absolute atomic E-state index is 12.2. The molecule has 1 saturated heterocycles. The number of alkyl halides is 3. The first-order valence-electron chi connectivity index (χ1n) is 6.06. The molecule has 1 aromatic rings. The van der Waals surface area contributed by atoms with E-state index in [2.05, 4.69) is 15.9 Å². The normalized spacial score (nSPS) is 19.9. The topological polar surface area (TPSA) is 29.5 Å². The van der Waals surface area contributed by atoms with E-state index in [0.29, 0.717) is 6.61 Å². The van der Waals surface area contributed by atoms with Crippen molar-refractivity contribution in [2.45, 2.75) is 24.8 Å². The first-order valence-corrected chi connectivity index (χ1v) is 6.86. The van der Waals surface area contributed by atoms with Crippen LogP contribution in [0.4, 0.5) is 13.2 Å². The van der Waals surface area contributed by atoms with Gasteiger partial charge in [-0.2, -0.15) is 13.2 Å². The fourth-order valence-electron chi connectivity index (χ4n) is 2.71. The molecule has 0 N–H and O–H groups in total. The van der Waals surface area contributed by atoms with Gasteiger partial charge in [-0.3, -0.25) is 4.79 Å². The Bertz CT molecular complexity index is 567. The van der Waals surface area contributed by atoms with Gasteiger partial charge in [0.25, 0.3) is 0 Å². The number of carbonyl (C=O) groups is 1. The lowest BCUT2D eigenvalue weighted by molar-refractivity contribution is -0.185. The molecule has 2 aliphatic rings. The number of likely N-dealkylation sites (tertiary alicyclic amines) is 1. The molecular weight excluding hydrogens is 339 g/mol. The van der Waals surface area contributed by atoms with Gasteiger partial charge in [0.1, 0.15) is 12.0 Å². The van der Waals surface area contributed by atoms with Crippen molar-refractivity contribution in [1.29, 1.82) is 0 Å². The van der Waals surface area contributed by atoms with Crippen LogP contribution in [0.2, 0.25) is 0 Å². The number of fused-ring (bicyclic) bond motifs is 2. The monoisotopic (exact) mass is 349 g/mol. The predicted octanol–water partition coefficient (Wildman–Crippen LogP) is 2.97. The van der Waals surface area contributed by atoms with Crippen molar-refractivity contribution in [1.82, 2.24) is 4.90 Å². The summed E-state index contributed by atoms with van der Waals surface area (Å²) in [6.45, 7) is 0.809. The molecule has 3 nitrogen and oxygen atoms in total. The van der Waals surface area contributed by atoms with E-state index in [1.165, 1.54) is 4.90 Å². The maximum atomic E-state index is 12.2. The Morgan fingerprint density at radius 1 is 1.40 bits per heavy atom. The molecule has 1 amide bonds. The second-order valence-corrected chi connectivity index (χ2v) is 6.04. The average molecular weight is 350 g/mol. The molecule has 1 fully saturated rings. The van der Waals surface area contributed by atoms with Crippen LogP contribution < -0.4 is 0 Å². The molecule has 0 bridgehead atoms. The van der Waals surface area contributed by atoms with E-state index >= 15 is 0 Å². The van der Waals surface area contributed by atoms with E-state index in [4.69, 9.17) is 4.74 Å². The smallest absolute Gasteiger partial charge is 0.362 e. The highest BCUT2D eigenvalue weighted by atomic mass is 79.9. The number of rotatable bonds is 1. The second-order valence-electron chi connectivity index (χ2n) is 5.13. The number of hydrogen-bond donors (Lipinski definition) is 0. The van der Waals surface area contributed by atoms with Gasteiger partial charge in [0.15, 0.2) is 0 Å². The fourth-order valence-corrected chi connectivity index (χ4v) is 3.12. The zero-order valence-electron chi connectivity index (χ0n) is 10.3. The van der Waals surface area contributed by atoms with Crippen LogP contribution in [0.15, 0.2) is 22.7 Å². The molecule has 2 aliphatic heterocycles. The van der Waals surface area contributed by atoms with Crippen LogP contribution in [0.25, 0.3) is 0 Å². The molecule has 7 heteroatoms. The Labute approximate surface area is 121 Å². The largest absolute Gasteiger partial charge is 0.397 e. The summed E-state index contributed by atoms with van der Waals surface area (Å²) in [7, 11) is 0. The molecular formula is C13H11BrF3NO2. The molecule has 1 aromatic carbocycles. The van der Waals surface area contributed by atoms with E-state index in [1.807, 2.05) is 18.2 Å². The van der Waals surface area contributed by atoms with Crippen molar-refractivity contribution in [2.24, 2.45) is 0 Å². The fraction of sp³-hybridized carbons (Fsp3) is 0.462. The van der Waals surface area contributed by atoms with Gasteiger partial charge in [0, 0.05) is 4.47 Å². The van der Waals surface area contributed by atoms with Gasteiger partial charge in [-0.15, -0.1) is 0 Å². The van der Waals surface area contributed by atoms with Gasteiger partial charge in [-0.05, 0) is 23.3 Å². The van der Waals surface area contributed by atoms with Crippen molar-refractivity contribution in [3.8, 4) is 0 Å². The highest BCUT2D eigenvalue weighted by molar-refractivity contribution is 9.10. The number of carbonyl (C=O) groups excluding carboxylic acids is 1. The van der Waals surface area contributed by atoms with Crippen molar-refractivity contribution in [3.63, 3.8) is 0 Å². The average Bonchev–Trinajstić information content (AvgIpc) is 2.62. The van der Waals surface area contributed by atoms with E-state index < -0.39 is 24.1 Å². The number of halogens is 4. The zero-order chi connectivity index (χ0) is 14.5. The van der Waals surface area contributed by atoms with Gasteiger partial charge in [0.05, 0.1) is 19.7 Å². The van der Waals surface area contributed by atoms with Gasteiger partial charge in [-0.1, -0.05) is 22.0 Å². The molecule has 1 spiro atoms. The summed E-state index contributed by atoms with van der Waals surface area (Å²) in [5, 5.41) is 0. The Hall–Kier alpha value is -1.08. The molecule has 20 heavy (non-hydrogen) atoms. The summed E-state index contributed by atoms with van der Waals surface area (Å²) >= 11 is 3.37. The molecule has 0 aliphatic carbocycles. The van der Waals surface area contributed by atoms with Crippen molar-refractivity contribution in [2.75, 3.05) is 13.1 Å². The van der Waals surface area contributed by atoms with Crippen LogP contribution in [0.3, 0.4) is 0 Å². The van der Waals surface area contributed by atoms with Crippen LogP contribution >= 0.6 is 15.9 Å². The minimum atomic E-state index is -4.46. The van der Waals surface area contributed by atoms with Crippen LogP contribution in [0.5, 0.6) is 0 Å². The van der Waals surface area contributed by atoms with E-state index in [9.17, 15) is 18.0 Å². The Morgan fingerprint density at radius 3 is 2.75 bits per heavy atom. The summed E-state index contributed by atoms with van der Waals surface area (Å²) in [5.74, 6) is -0.891. The minimum absolute atomic E-state index is 0.191. The van der Waals surface area contributed by atoms with Gasteiger partial charge >= 0.3 is 6.18 Å². The molecule has 2 heterocycles. The minimum Gasteiger partial charge on any atom is -0.362 e. The molecule has 0 aromatic heterocycles. The van der Waals surface area contributed by atoms with Crippen LogP contribution in [-0.2, 0) is 21.7 Å². The third-order valence-electron chi connectivity index (χ3n) is 3.66. The van der Waals surface area contributed by atoms with Gasteiger partial charge < -0.3 is 9.64 Å². The zero-order valence-corrected chi connectivity index (χ0v) is 11.9. The SMILES string of the molecule is O=C(CC(F)(F)F)N1CC2(C1)OCc1cc(Br)ccc12. The Balaban J connectivity index is 1.71. The first kappa shape index (κ1) is 13.9. The van der Waals surface area contributed by atoms with Gasteiger partial charge in [-0.25, -0.2) is 0 Å². The van der Waals surface area contributed by atoms with E-state index in [-0.39, 0.29) is 13.1 Å². The summed E-state index contributed by atoms with van der Waals surface area (Å²) in [6.07, 6.45) is -5.87. The van der Waals surface area contributed by atoms with Crippen LogP contribution in [0.1, 0.15) is 17.5 Å². The highest BCUT2D eigenvalue weighted by Crippen LogP contribution is 2.44. The van der Waals surface area contributed by atoms with Crippen molar-refractivity contribution in [3.05, 3.63) is 33.8 Å². The lowest BCUT2D eigenvalue weighted by Gasteiger charge is -2.47. The maximum Gasteiger partial charge on any atom is 0.397 e. The second kappa shape index (κ2) is 4.46. The summed E-state index contributed by atoms with van der Waals surface area (Å²) in [4.78, 5) is 12.7. The van der Waals surface area contributed by atoms with E-state index in [0.717, 1.165) is 15.6 Å². The molecule has 0 atom stereocenters. The Morgan fingerprint density at radius 2 is 2.10 bits per heavy atom. The molecule has 0 saturated carbocycles. The Kier molecular flexibility index (Phi) is 3.10. The lowest BCUT2D eigenvalue weighted by atomic mass is 9.85. The number of benzene rings is 1. The third kappa shape index (κ3) is 2.33. The molecule has 3 rings (SSSR count). The summed E-state index contributed by atoms with van der Waals surface area (Å²) in [5.41, 5.74) is 1.37. The van der Waals surface area contributed by atoms with Crippen LogP contribution in [0, 0.1) is 0 Å². The first-order chi connectivity index (χ1) is 9.29. The van der Waals surface area contributed by atoms with E-state index in [1.54, 1.807) is 0 Å². The van der Waals surface area contributed by atoms with Crippen molar-refractivity contribution < 1.29 is 22.7 Å². The standard InChI is InChI=1S/C13H11BrF3NO2/c14-9-1-2-10-8(3-9)5-20-12(10)6-18(7-12)11(19)4-13(15,16)17/h1-3H,4-7H2. The molecule has 108 valence electrons. The van der Waals surface area contributed by atoms with Crippen LogP contribution in [-0.4, -0.2) is 30.1 Å². The lowest BCUT2D eigenvalue weighted by Crippen LogP contribution is -2.61. The summed E-state index contributed by atoms with van der Waals surface area (Å²) in [6, 6.07) is 5.71. The predicted molar refractivity (Wildman–Crippen MR) is 67.9 cm³/mol. The number of nitrogens with zero attached hydrogens (tertiary/aromatic N) is 1. The highest BCUT2D eigenvalue weighted by Gasteiger charge is 2.52. The third-order valence-corrected chi connectivity index (χ3v) is 4.15. The van der Waals surface area contributed by atoms with Gasteiger partial charge in [0.2, 0.25) is 5.91 Å². The molecule has 0 unspecified atom stereocenters. The quantitative estimate of drug-likeness (QED) is 0.780. The van der Waals surface area contributed by atoms with Crippen molar-refractivity contribution >= 4 is 21.8 Å². The number of amides is 1. The number of ether oxygens (including phenoxy) is 1. The number of hydrogen-bond acceptors (Lipinski definition) is 2. The summed E-state index contributed by atoms with van der Waals surface area (Å²) < 4.78 is 43.2. The molecule has 0 radical (unpaired) electrons.